The molecule has 2 aromatic carbocycles. The van der Waals surface area contributed by atoms with E-state index in [1.54, 1.807) is 30.2 Å². The lowest BCUT2D eigenvalue weighted by atomic mass is 10.1. The smallest absolute Gasteiger partial charge is 0.271 e. The molecule has 162 valence electrons. The lowest BCUT2D eigenvalue weighted by Gasteiger charge is -2.33. The Morgan fingerprint density at radius 3 is 2.45 bits per heavy atom. The van der Waals surface area contributed by atoms with E-state index in [-0.39, 0.29) is 23.9 Å². The number of halogens is 1. The zero-order valence-electron chi connectivity index (χ0n) is 16.8. The Morgan fingerprint density at radius 2 is 1.77 bits per heavy atom. The maximum atomic E-state index is 12.9. The molecule has 2 heterocycles. The summed E-state index contributed by atoms with van der Waals surface area (Å²) in [6.45, 7) is 1.01. The number of carbonyl (C=O) groups is 1. The van der Waals surface area contributed by atoms with Crippen LogP contribution in [0.5, 0.6) is 5.75 Å². The number of piperazine rings is 1. The molecule has 3 aromatic rings. The minimum atomic E-state index is -3.63. The summed E-state index contributed by atoms with van der Waals surface area (Å²) in [5.74, 6) is 0.483. The van der Waals surface area contributed by atoms with Crippen LogP contribution in [0.3, 0.4) is 0 Å². The van der Waals surface area contributed by atoms with Crippen LogP contribution in [0.4, 0.5) is 0 Å². The van der Waals surface area contributed by atoms with Gasteiger partial charge in [-0.3, -0.25) is 9.89 Å². The first-order valence-corrected chi connectivity index (χ1v) is 11.4. The molecule has 0 radical (unpaired) electrons. The topological polar surface area (TPSA) is 95.6 Å². The first kappa shape index (κ1) is 21.4. The van der Waals surface area contributed by atoms with Crippen LogP contribution in [-0.2, 0) is 10.0 Å². The van der Waals surface area contributed by atoms with Crippen LogP contribution >= 0.6 is 11.6 Å². The molecular formula is C21H21ClN4O4S. The fourth-order valence-electron chi connectivity index (χ4n) is 3.42. The number of H-pyrrole nitrogens is 1. The molecule has 0 unspecified atom stereocenters. The lowest BCUT2D eigenvalue weighted by molar-refractivity contribution is 0.0692. The second-order valence-electron chi connectivity index (χ2n) is 7.05. The van der Waals surface area contributed by atoms with Gasteiger partial charge in [0.2, 0.25) is 10.0 Å². The van der Waals surface area contributed by atoms with E-state index in [9.17, 15) is 13.2 Å². The van der Waals surface area contributed by atoms with Gasteiger partial charge in [-0.1, -0.05) is 23.7 Å². The second-order valence-corrected chi connectivity index (χ2v) is 9.42. The van der Waals surface area contributed by atoms with Crippen LogP contribution in [0.25, 0.3) is 11.3 Å². The Balaban J connectivity index is 1.43. The number of benzene rings is 2. The van der Waals surface area contributed by atoms with E-state index in [0.717, 1.165) is 5.56 Å². The van der Waals surface area contributed by atoms with Crippen molar-refractivity contribution in [2.24, 2.45) is 0 Å². The van der Waals surface area contributed by atoms with E-state index < -0.39 is 10.0 Å². The number of nitrogens with zero attached hydrogens (tertiary/aromatic N) is 3. The van der Waals surface area contributed by atoms with Crippen molar-refractivity contribution in [1.29, 1.82) is 0 Å². The number of carbonyl (C=O) groups excluding carboxylic acids is 1. The normalized spacial score (nSPS) is 15.1. The van der Waals surface area contributed by atoms with E-state index >= 15 is 0 Å². The van der Waals surface area contributed by atoms with Gasteiger partial charge in [-0.15, -0.1) is 0 Å². The molecule has 1 N–H and O–H groups in total. The number of amides is 1. The Labute approximate surface area is 185 Å². The third-order valence-corrected chi connectivity index (χ3v) is 7.32. The predicted molar refractivity (Wildman–Crippen MR) is 117 cm³/mol. The number of hydrogen-bond donors (Lipinski definition) is 1. The summed E-state index contributed by atoms with van der Waals surface area (Å²) < 4.78 is 32.2. The minimum Gasteiger partial charge on any atom is -0.497 e. The van der Waals surface area contributed by atoms with E-state index in [1.807, 2.05) is 24.3 Å². The van der Waals surface area contributed by atoms with Gasteiger partial charge in [0.05, 0.1) is 17.7 Å². The number of methoxy groups -OCH3 is 1. The summed E-state index contributed by atoms with van der Waals surface area (Å²) in [5.41, 5.74) is 1.81. The molecule has 0 saturated carbocycles. The number of rotatable bonds is 5. The molecule has 0 aliphatic carbocycles. The maximum Gasteiger partial charge on any atom is 0.271 e. The van der Waals surface area contributed by atoms with E-state index in [4.69, 9.17) is 16.3 Å². The third-order valence-electron chi connectivity index (χ3n) is 5.15. The Hall–Kier alpha value is -2.88. The molecule has 0 atom stereocenters. The maximum absolute atomic E-state index is 12.9. The van der Waals surface area contributed by atoms with Gasteiger partial charge in [0, 0.05) is 36.8 Å². The average Bonchev–Trinajstić information content (AvgIpc) is 3.29. The molecular weight excluding hydrogens is 440 g/mol. The van der Waals surface area contributed by atoms with Crippen LogP contribution < -0.4 is 4.74 Å². The van der Waals surface area contributed by atoms with Crippen molar-refractivity contribution < 1.29 is 17.9 Å². The number of aromatic amines is 1. The molecule has 10 heteroatoms. The second kappa shape index (κ2) is 8.70. The van der Waals surface area contributed by atoms with Gasteiger partial charge in [0.1, 0.15) is 11.4 Å². The highest BCUT2D eigenvalue weighted by molar-refractivity contribution is 7.89. The molecule has 1 fully saturated rings. The van der Waals surface area contributed by atoms with Crippen molar-refractivity contribution in [3.05, 3.63) is 65.3 Å². The van der Waals surface area contributed by atoms with Crippen molar-refractivity contribution in [2.45, 2.75) is 4.90 Å². The van der Waals surface area contributed by atoms with Crippen LogP contribution in [0.15, 0.2) is 59.5 Å². The zero-order chi connectivity index (χ0) is 22.0. The van der Waals surface area contributed by atoms with Crippen molar-refractivity contribution in [3.8, 4) is 17.0 Å². The largest absolute Gasteiger partial charge is 0.497 e. The van der Waals surface area contributed by atoms with E-state index in [2.05, 4.69) is 10.2 Å². The van der Waals surface area contributed by atoms with Gasteiger partial charge in [-0.25, -0.2) is 8.42 Å². The highest BCUT2D eigenvalue weighted by Crippen LogP contribution is 2.24. The van der Waals surface area contributed by atoms with Crippen molar-refractivity contribution in [2.75, 3.05) is 33.3 Å². The fraction of sp³-hybridized carbons (Fsp3) is 0.238. The summed E-state index contributed by atoms with van der Waals surface area (Å²) in [7, 11) is -2.04. The first-order chi connectivity index (χ1) is 14.9. The fourth-order valence-corrected chi connectivity index (χ4v) is 4.97. The predicted octanol–water partition coefficient (Wildman–Crippen LogP) is 2.89. The summed E-state index contributed by atoms with van der Waals surface area (Å²) in [6.07, 6.45) is 0. The van der Waals surface area contributed by atoms with Crippen molar-refractivity contribution in [3.63, 3.8) is 0 Å². The standard InChI is InChI=1S/C21H21ClN4O4S/c1-30-17-4-2-3-15(13-17)19-14-20(24-23-19)21(27)25-9-11-26(12-10-25)31(28,29)18-7-5-16(22)6-8-18/h2-8,13-14H,9-12H2,1H3,(H,23,24). The molecule has 31 heavy (non-hydrogen) atoms. The van der Waals surface area contributed by atoms with Crippen LogP contribution in [0.2, 0.25) is 5.02 Å². The Bertz CT molecular complexity index is 1190. The molecule has 1 aliphatic heterocycles. The van der Waals surface area contributed by atoms with Gasteiger partial charge in [0.25, 0.3) is 5.91 Å². The number of aromatic nitrogens is 2. The SMILES string of the molecule is COc1cccc(-c2cc(C(=O)N3CCN(S(=O)(=O)c4ccc(Cl)cc4)CC3)[nH]n2)c1. The monoisotopic (exact) mass is 460 g/mol. The molecule has 1 aromatic heterocycles. The molecule has 1 saturated heterocycles. The van der Waals surface area contributed by atoms with Gasteiger partial charge in [-0.05, 0) is 42.5 Å². The zero-order valence-corrected chi connectivity index (χ0v) is 18.4. The lowest BCUT2D eigenvalue weighted by Crippen LogP contribution is -2.50. The van der Waals surface area contributed by atoms with E-state index in [0.29, 0.717) is 35.2 Å². The van der Waals surface area contributed by atoms with Gasteiger partial charge in [-0.2, -0.15) is 9.40 Å². The molecule has 8 nitrogen and oxygen atoms in total. The third kappa shape index (κ3) is 4.43. The number of nitrogens with one attached hydrogen (secondary N) is 1. The Kier molecular flexibility index (Phi) is 5.99. The minimum absolute atomic E-state index is 0.188. The molecule has 1 aliphatic rings. The van der Waals surface area contributed by atoms with Crippen molar-refractivity contribution in [1.82, 2.24) is 19.4 Å². The summed E-state index contributed by atoms with van der Waals surface area (Å²) >= 11 is 5.85. The van der Waals surface area contributed by atoms with Crippen LogP contribution in [0, 0.1) is 0 Å². The average molecular weight is 461 g/mol. The van der Waals surface area contributed by atoms with Gasteiger partial charge < -0.3 is 9.64 Å². The Morgan fingerprint density at radius 1 is 1.06 bits per heavy atom. The molecule has 0 bridgehead atoms. The van der Waals surface area contributed by atoms with E-state index in [1.165, 1.54) is 16.4 Å². The highest BCUT2D eigenvalue weighted by atomic mass is 35.5. The summed E-state index contributed by atoms with van der Waals surface area (Å²) in [6, 6.07) is 15.2. The van der Waals surface area contributed by atoms with Crippen LogP contribution in [0.1, 0.15) is 10.5 Å². The number of sulfonamides is 1. The summed E-state index contributed by atoms with van der Waals surface area (Å²) in [5, 5.41) is 7.49. The first-order valence-electron chi connectivity index (χ1n) is 9.63. The van der Waals surface area contributed by atoms with Crippen LogP contribution in [-0.4, -0.2) is 67.0 Å². The summed E-state index contributed by atoms with van der Waals surface area (Å²) in [4.78, 5) is 14.7. The molecule has 1 amide bonds. The van der Waals surface area contributed by atoms with Gasteiger partial charge in [0.15, 0.2) is 0 Å². The van der Waals surface area contributed by atoms with Crippen molar-refractivity contribution >= 4 is 27.5 Å². The number of ether oxygens (including phenoxy) is 1. The quantitative estimate of drug-likeness (QED) is 0.631. The molecule has 4 rings (SSSR count). The molecule has 0 spiro atoms. The number of hydrogen-bond acceptors (Lipinski definition) is 5. The highest BCUT2D eigenvalue weighted by Gasteiger charge is 2.31. The van der Waals surface area contributed by atoms with Gasteiger partial charge >= 0.3 is 0 Å².